The van der Waals surface area contributed by atoms with E-state index in [1.807, 2.05) is 30.3 Å². The maximum absolute atomic E-state index is 6.24. The van der Waals surface area contributed by atoms with Gasteiger partial charge in [0, 0.05) is 34.3 Å². The average molecular weight is 366 g/mol. The molecule has 0 aliphatic rings. The lowest BCUT2D eigenvalue weighted by Crippen LogP contribution is -1.91. The number of aromatic nitrogens is 2. The third-order valence-electron chi connectivity index (χ3n) is 2.89. The summed E-state index contributed by atoms with van der Waals surface area (Å²) >= 11 is 11.5. The second kappa shape index (κ2) is 6.04. The van der Waals surface area contributed by atoms with E-state index in [9.17, 15) is 0 Å². The molecule has 0 aliphatic carbocycles. The lowest BCUT2D eigenvalue weighted by molar-refractivity contribution is 1.16. The van der Waals surface area contributed by atoms with Crippen LogP contribution >= 0.6 is 38.9 Å². The fraction of sp³-hybridized carbons (Fsp3) is 0.0667. The van der Waals surface area contributed by atoms with Gasteiger partial charge in [0.2, 0.25) is 0 Å². The maximum Gasteiger partial charge on any atom is 0.160 e. The van der Waals surface area contributed by atoms with Crippen molar-refractivity contribution >= 4 is 38.9 Å². The number of rotatable bonds is 3. The normalized spacial score (nSPS) is 10.7. The highest BCUT2D eigenvalue weighted by molar-refractivity contribution is 9.11. The SMILES string of the molecule is Clc1ccccc1Cc1sc(Br)cc1-c1ncccn1. The Morgan fingerprint density at radius 3 is 2.60 bits per heavy atom. The predicted molar refractivity (Wildman–Crippen MR) is 87.3 cm³/mol. The van der Waals surface area contributed by atoms with Gasteiger partial charge in [-0.05, 0) is 39.7 Å². The van der Waals surface area contributed by atoms with Gasteiger partial charge in [-0.25, -0.2) is 9.97 Å². The number of halogens is 2. The molecule has 2 aromatic heterocycles. The van der Waals surface area contributed by atoms with E-state index in [0.717, 1.165) is 32.2 Å². The van der Waals surface area contributed by atoms with Crippen molar-refractivity contribution in [2.45, 2.75) is 6.42 Å². The molecule has 3 rings (SSSR count). The number of nitrogens with zero attached hydrogens (tertiary/aromatic N) is 2. The molecule has 0 N–H and O–H groups in total. The predicted octanol–water partition coefficient (Wildman–Crippen LogP) is 5.21. The van der Waals surface area contributed by atoms with Crippen LogP contribution in [0.3, 0.4) is 0 Å². The van der Waals surface area contributed by atoms with Crippen molar-refractivity contribution in [1.29, 1.82) is 0 Å². The van der Waals surface area contributed by atoms with E-state index < -0.39 is 0 Å². The first-order valence-electron chi connectivity index (χ1n) is 6.03. The molecule has 2 nitrogen and oxygen atoms in total. The molecule has 3 aromatic rings. The summed E-state index contributed by atoms with van der Waals surface area (Å²) in [6.45, 7) is 0. The Kier molecular flexibility index (Phi) is 4.15. The number of hydrogen-bond acceptors (Lipinski definition) is 3. The van der Waals surface area contributed by atoms with Gasteiger partial charge in [-0.3, -0.25) is 0 Å². The van der Waals surface area contributed by atoms with Crippen molar-refractivity contribution < 1.29 is 0 Å². The summed E-state index contributed by atoms with van der Waals surface area (Å²) in [5, 5.41) is 0.789. The Labute approximate surface area is 134 Å². The zero-order chi connectivity index (χ0) is 13.9. The van der Waals surface area contributed by atoms with Crippen molar-refractivity contribution in [1.82, 2.24) is 9.97 Å². The third kappa shape index (κ3) is 2.92. The van der Waals surface area contributed by atoms with Gasteiger partial charge >= 0.3 is 0 Å². The van der Waals surface area contributed by atoms with Crippen molar-refractivity contribution in [2.75, 3.05) is 0 Å². The molecule has 1 aromatic carbocycles. The third-order valence-corrected chi connectivity index (χ3v) is 4.90. The van der Waals surface area contributed by atoms with Crippen LogP contribution in [0.4, 0.5) is 0 Å². The van der Waals surface area contributed by atoms with Gasteiger partial charge < -0.3 is 0 Å². The maximum atomic E-state index is 6.24. The summed E-state index contributed by atoms with van der Waals surface area (Å²) in [6, 6.07) is 11.8. The quantitative estimate of drug-likeness (QED) is 0.636. The molecule has 2 heterocycles. The fourth-order valence-electron chi connectivity index (χ4n) is 1.97. The minimum absolute atomic E-state index is 0.747. The van der Waals surface area contributed by atoms with Crippen molar-refractivity contribution in [3.8, 4) is 11.4 Å². The highest BCUT2D eigenvalue weighted by Gasteiger charge is 2.13. The molecule has 0 fully saturated rings. The molecule has 5 heteroatoms. The molecule has 0 saturated carbocycles. The molecule has 0 atom stereocenters. The number of hydrogen-bond donors (Lipinski definition) is 0. The summed E-state index contributed by atoms with van der Waals surface area (Å²) in [7, 11) is 0. The molecule has 0 spiro atoms. The molecule has 0 bridgehead atoms. The van der Waals surface area contributed by atoms with Gasteiger partial charge in [-0.1, -0.05) is 29.8 Å². The first kappa shape index (κ1) is 13.7. The molecule has 0 radical (unpaired) electrons. The van der Waals surface area contributed by atoms with Crippen LogP contribution in [0.25, 0.3) is 11.4 Å². The Morgan fingerprint density at radius 2 is 1.85 bits per heavy atom. The largest absolute Gasteiger partial charge is 0.237 e. The summed E-state index contributed by atoms with van der Waals surface area (Å²) in [6.07, 6.45) is 4.30. The summed E-state index contributed by atoms with van der Waals surface area (Å²) in [4.78, 5) is 9.86. The Hall–Kier alpha value is -1.23. The van der Waals surface area contributed by atoms with Crippen LogP contribution in [0.1, 0.15) is 10.4 Å². The van der Waals surface area contributed by atoms with E-state index >= 15 is 0 Å². The number of thiophene rings is 1. The standard InChI is InChI=1S/C15H10BrClN2S/c16-14-9-11(15-18-6-3-7-19-15)13(20-14)8-10-4-1-2-5-12(10)17/h1-7,9H,8H2. The monoisotopic (exact) mass is 364 g/mol. The van der Waals surface area contributed by atoms with E-state index in [1.54, 1.807) is 23.7 Å². The van der Waals surface area contributed by atoms with E-state index in [2.05, 4.69) is 32.0 Å². The summed E-state index contributed by atoms with van der Waals surface area (Å²) < 4.78 is 1.07. The van der Waals surface area contributed by atoms with Gasteiger partial charge in [0.15, 0.2) is 5.82 Å². The zero-order valence-electron chi connectivity index (χ0n) is 10.4. The minimum Gasteiger partial charge on any atom is -0.237 e. The molecular formula is C15H10BrClN2S. The van der Waals surface area contributed by atoms with Gasteiger partial charge in [0.05, 0.1) is 3.79 Å². The number of benzene rings is 1. The minimum atomic E-state index is 0.747. The molecule has 20 heavy (non-hydrogen) atoms. The second-order valence-corrected chi connectivity index (χ2v) is 7.15. The van der Waals surface area contributed by atoms with Crippen LogP contribution in [0.2, 0.25) is 5.02 Å². The van der Waals surface area contributed by atoms with Crippen LogP contribution in [-0.2, 0) is 6.42 Å². The van der Waals surface area contributed by atoms with Gasteiger partial charge in [-0.15, -0.1) is 11.3 Å². The van der Waals surface area contributed by atoms with Crippen LogP contribution in [0.5, 0.6) is 0 Å². The van der Waals surface area contributed by atoms with E-state index in [0.29, 0.717) is 0 Å². The highest BCUT2D eigenvalue weighted by Crippen LogP contribution is 2.35. The molecule has 100 valence electrons. The lowest BCUT2D eigenvalue weighted by Gasteiger charge is -2.04. The topological polar surface area (TPSA) is 25.8 Å². The van der Waals surface area contributed by atoms with Gasteiger partial charge in [0.25, 0.3) is 0 Å². The fourth-order valence-corrected chi connectivity index (χ4v) is 3.89. The van der Waals surface area contributed by atoms with Crippen molar-refractivity contribution in [3.05, 3.63) is 68.0 Å². The van der Waals surface area contributed by atoms with Gasteiger partial charge in [0.1, 0.15) is 0 Å². The Balaban J connectivity index is 2.01. The smallest absolute Gasteiger partial charge is 0.160 e. The van der Waals surface area contributed by atoms with Crippen LogP contribution in [-0.4, -0.2) is 9.97 Å². The Morgan fingerprint density at radius 1 is 1.10 bits per heavy atom. The van der Waals surface area contributed by atoms with Gasteiger partial charge in [-0.2, -0.15) is 0 Å². The lowest BCUT2D eigenvalue weighted by atomic mass is 10.1. The van der Waals surface area contributed by atoms with E-state index in [4.69, 9.17) is 11.6 Å². The molecular weight excluding hydrogens is 356 g/mol. The van der Waals surface area contributed by atoms with Crippen LogP contribution in [0, 0.1) is 0 Å². The molecule has 0 saturated heterocycles. The summed E-state index contributed by atoms with van der Waals surface area (Å²) in [5.41, 5.74) is 2.17. The zero-order valence-corrected chi connectivity index (χ0v) is 13.5. The molecule has 0 amide bonds. The van der Waals surface area contributed by atoms with E-state index in [1.165, 1.54) is 4.88 Å². The highest BCUT2D eigenvalue weighted by atomic mass is 79.9. The summed E-state index contributed by atoms with van der Waals surface area (Å²) in [5.74, 6) is 0.747. The van der Waals surface area contributed by atoms with Crippen molar-refractivity contribution in [3.63, 3.8) is 0 Å². The first-order valence-corrected chi connectivity index (χ1v) is 8.02. The van der Waals surface area contributed by atoms with E-state index in [-0.39, 0.29) is 0 Å². The average Bonchev–Trinajstić information content (AvgIpc) is 2.83. The second-order valence-electron chi connectivity index (χ2n) is 4.23. The van der Waals surface area contributed by atoms with Crippen LogP contribution in [0.15, 0.2) is 52.6 Å². The Bertz CT molecular complexity index is 728. The molecule has 0 unspecified atom stereocenters. The van der Waals surface area contributed by atoms with Crippen LogP contribution < -0.4 is 0 Å². The first-order chi connectivity index (χ1) is 9.74. The van der Waals surface area contributed by atoms with Crippen molar-refractivity contribution in [2.24, 2.45) is 0 Å². The molecule has 0 aliphatic heterocycles.